The van der Waals surface area contributed by atoms with E-state index in [1.807, 2.05) is 0 Å². The Balaban J connectivity index is 3.46. The number of urea groups is 1. The molecule has 0 fully saturated rings. The molecule has 0 unspecified atom stereocenters. The Morgan fingerprint density at radius 1 is 1.50 bits per heavy atom. The molecule has 0 aromatic rings. The van der Waals surface area contributed by atoms with Crippen molar-refractivity contribution in [1.29, 1.82) is 0 Å². The van der Waals surface area contributed by atoms with Crippen molar-refractivity contribution in [2.75, 3.05) is 6.54 Å². The summed E-state index contributed by atoms with van der Waals surface area (Å²) >= 11 is 0. The van der Waals surface area contributed by atoms with Crippen LogP contribution in [0.2, 0.25) is 0 Å². The number of carbonyl (C=O) groups is 1. The summed E-state index contributed by atoms with van der Waals surface area (Å²) in [5, 5.41) is 1.35. The molecule has 2 radical (unpaired) electrons. The molecule has 0 aliphatic carbocycles. The molecule has 58 valence electrons. The highest BCUT2D eigenvalue weighted by atomic mass is 19.4. The van der Waals surface area contributed by atoms with E-state index in [2.05, 4.69) is 0 Å². The van der Waals surface area contributed by atoms with E-state index in [-0.39, 0.29) is 0 Å². The van der Waals surface area contributed by atoms with E-state index >= 15 is 0 Å². The summed E-state index contributed by atoms with van der Waals surface area (Å²) in [5.41, 5.74) is 0.988. The number of nitrogens with zero attached hydrogens (tertiary/aromatic N) is 1. The number of nitrogens with one attached hydrogen (secondary N) is 2. The molecule has 0 spiro atoms. The standard InChI is InChI=1S/C3H4F3N3O/c4-3(5,6)1-8-2(10)9-7/h1H2,(H2,8,9,10). The Bertz CT molecular complexity index is 123. The van der Waals surface area contributed by atoms with Gasteiger partial charge in [0.1, 0.15) is 6.54 Å². The molecule has 0 heterocycles. The van der Waals surface area contributed by atoms with Crippen LogP contribution >= 0.6 is 0 Å². The zero-order chi connectivity index (χ0) is 8.20. The van der Waals surface area contributed by atoms with Gasteiger partial charge >= 0.3 is 12.2 Å². The lowest BCUT2D eigenvalue weighted by atomic mass is 10.6. The van der Waals surface area contributed by atoms with E-state index in [9.17, 15) is 18.0 Å². The van der Waals surface area contributed by atoms with Gasteiger partial charge in [-0.3, -0.25) is 0 Å². The third-order valence-corrected chi connectivity index (χ3v) is 0.551. The van der Waals surface area contributed by atoms with Crippen molar-refractivity contribution in [2.24, 2.45) is 0 Å². The Hall–Kier alpha value is -0.980. The lowest BCUT2D eigenvalue weighted by Gasteiger charge is -2.05. The van der Waals surface area contributed by atoms with E-state index in [1.54, 1.807) is 0 Å². The summed E-state index contributed by atoms with van der Waals surface area (Å²) in [4.78, 5) is 9.89. The minimum atomic E-state index is -4.45. The molecule has 0 aliphatic heterocycles. The van der Waals surface area contributed by atoms with Gasteiger partial charge in [-0.2, -0.15) is 13.2 Å². The second kappa shape index (κ2) is 3.25. The van der Waals surface area contributed by atoms with Gasteiger partial charge in [-0.1, -0.05) is 0 Å². The maximum atomic E-state index is 11.2. The average molecular weight is 155 g/mol. The Morgan fingerprint density at radius 2 is 2.00 bits per heavy atom. The molecule has 0 saturated carbocycles. The van der Waals surface area contributed by atoms with Gasteiger partial charge in [0.15, 0.2) is 0 Å². The van der Waals surface area contributed by atoms with E-state index in [0.29, 0.717) is 0 Å². The van der Waals surface area contributed by atoms with Crippen LogP contribution in [0.5, 0.6) is 0 Å². The highest BCUT2D eigenvalue weighted by Crippen LogP contribution is 2.11. The lowest BCUT2D eigenvalue weighted by Crippen LogP contribution is -2.40. The van der Waals surface area contributed by atoms with Gasteiger partial charge in [0.05, 0.1) is 0 Å². The summed E-state index contributed by atoms with van der Waals surface area (Å²) in [6, 6.07) is -1.28. The summed E-state index contributed by atoms with van der Waals surface area (Å²) in [5.74, 6) is 7.70. The predicted octanol–water partition coefficient (Wildman–Crippen LogP) is -0.168. The molecule has 0 aromatic heterocycles. The lowest BCUT2D eigenvalue weighted by molar-refractivity contribution is -0.122. The molecule has 0 aliphatic rings. The van der Waals surface area contributed by atoms with Crippen LogP contribution in [0.15, 0.2) is 0 Å². The first-order chi connectivity index (χ1) is 4.45. The van der Waals surface area contributed by atoms with Crippen LogP contribution in [0.1, 0.15) is 0 Å². The summed E-state index contributed by atoms with van der Waals surface area (Å²) in [6.45, 7) is -1.46. The minimum absolute atomic E-state index is 0.988. The topological polar surface area (TPSA) is 63.4 Å². The highest BCUT2D eigenvalue weighted by Gasteiger charge is 2.27. The Labute approximate surface area is 54.5 Å². The Morgan fingerprint density at radius 3 is 2.30 bits per heavy atom. The summed E-state index contributed by atoms with van der Waals surface area (Å²) < 4.78 is 33.7. The normalized spacial score (nSPS) is 10.8. The Kier molecular flexibility index (Phi) is 2.94. The third kappa shape index (κ3) is 5.16. The van der Waals surface area contributed by atoms with E-state index in [0.717, 1.165) is 5.43 Å². The van der Waals surface area contributed by atoms with Crippen molar-refractivity contribution in [3.63, 3.8) is 0 Å². The number of rotatable bonds is 1. The number of alkyl halides is 3. The van der Waals surface area contributed by atoms with Crippen molar-refractivity contribution in [2.45, 2.75) is 6.18 Å². The molecular formula is C3H4F3N3O. The SMILES string of the molecule is [N]NC(=O)NCC(F)(F)F. The zero-order valence-electron chi connectivity index (χ0n) is 4.70. The molecule has 10 heavy (non-hydrogen) atoms. The van der Waals surface area contributed by atoms with Gasteiger partial charge in [-0.05, 0) is 5.84 Å². The quantitative estimate of drug-likeness (QED) is 0.507. The van der Waals surface area contributed by atoms with Crippen LogP contribution in [-0.2, 0) is 0 Å². The summed E-state index contributed by atoms with van der Waals surface area (Å²) in [7, 11) is 0. The van der Waals surface area contributed by atoms with Gasteiger partial charge in [-0.15, -0.1) is 0 Å². The van der Waals surface area contributed by atoms with Gasteiger partial charge in [0.25, 0.3) is 0 Å². The summed E-state index contributed by atoms with van der Waals surface area (Å²) in [6.07, 6.45) is -4.45. The predicted molar refractivity (Wildman–Crippen MR) is 24.7 cm³/mol. The molecule has 7 heteroatoms. The van der Waals surface area contributed by atoms with E-state index in [1.165, 1.54) is 5.32 Å². The number of halogens is 3. The van der Waals surface area contributed by atoms with Crippen LogP contribution in [0.25, 0.3) is 0 Å². The van der Waals surface area contributed by atoms with E-state index in [4.69, 9.17) is 5.84 Å². The fourth-order valence-electron chi connectivity index (χ4n) is 0.220. The third-order valence-electron chi connectivity index (χ3n) is 0.551. The highest BCUT2D eigenvalue weighted by molar-refractivity contribution is 5.72. The van der Waals surface area contributed by atoms with Crippen LogP contribution < -0.4 is 16.6 Å². The number of amides is 2. The second-order valence-corrected chi connectivity index (χ2v) is 1.41. The molecule has 2 amide bonds. The minimum Gasteiger partial charge on any atom is -0.328 e. The van der Waals surface area contributed by atoms with Gasteiger partial charge in [0.2, 0.25) is 0 Å². The first-order valence-electron chi connectivity index (χ1n) is 2.20. The maximum absolute atomic E-state index is 11.2. The largest absolute Gasteiger partial charge is 0.405 e. The maximum Gasteiger partial charge on any atom is 0.405 e. The van der Waals surface area contributed by atoms with Gasteiger partial charge < -0.3 is 5.32 Å². The zero-order valence-corrected chi connectivity index (χ0v) is 4.70. The first-order valence-corrected chi connectivity index (χ1v) is 2.20. The fraction of sp³-hybridized carbons (Fsp3) is 0.667. The van der Waals surface area contributed by atoms with Crippen molar-refractivity contribution in [1.82, 2.24) is 16.6 Å². The number of hydrogen-bond acceptors (Lipinski definition) is 1. The van der Waals surface area contributed by atoms with Crippen molar-refractivity contribution in [3.05, 3.63) is 0 Å². The smallest absolute Gasteiger partial charge is 0.328 e. The number of hydrogen-bond donors (Lipinski definition) is 2. The molecule has 0 saturated heterocycles. The van der Waals surface area contributed by atoms with Crippen molar-refractivity contribution >= 4 is 6.03 Å². The molecule has 0 aromatic carbocycles. The average Bonchev–Trinajstić information content (AvgIpc) is 1.81. The number of carbonyl (C=O) groups excluding carboxylic acids is 1. The molecule has 4 nitrogen and oxygen atoms in total. The van der Waals surface area contributed by atoms with Crippen molar-refractivity contribution in [3.8, 4) is 0 Å². The second-order valence-electron chi connectivity index (χ2n) is 1.41. The van der Waals surface area contributed by atoms with Crippen molar-refractivity contribution < 1.29 is 18.0 Å². The van der Waals surface area contributed by atoms with Crippen LogP contribution in [0.3, 0.4) is 0 Å². The first kappa shape index (κ1) is 9.02. The monoisotopic (exact) mass is 155 g/mol. The molecular weight excluding hydrogens is 151 g/mol. The molecule has 0 atom stereocenters. The van der Waals surface area contributed by atoms with Crippen LogP contribution in [0.4, 0.5) is 18.0 Å². The van der Waals surface area contributed by atoms with Gasteiger partial charge in [0, 0.05) is 0 Å². The molecule has 2 N–H and O–H groups in total. The van der Waals surface area contributed by atoms with E-state index < -0.39 is 18.8 Å². The van der Waals surface area contributed by atoms with Gasteiger partial charge in [-0.25, -0.2) is 10.2 Å². The fourth-order valence-corrected chi connectivity index (χ4v) is 0.220. The molecule has 0 rings (SSSR count). The van der Waals surface area contributed by atoms with Crippen LogP contribution in [0, 0.1) is 0 Å². The van der Waals surface area contributed by atoms with Crippen LogP contribution in [-0.4, -0.2) is 18.8 Å². The molecule has 0 bridgehead atoms.